The number of nitrogen functional groups attached to an aromatic ring is 1. The Morgan fingerprint density at radius 2 is 2.25 bits per heavy atom. The molecule has 0 aromatic carbocycles. The standard InChI is InChI=1S/C9H8BrN5O/c10-6-3-7(5-12-4-6)16-8-1-2-13-9(14-8)15-11/h1-5H,11H2,(H,13,14,15). The Morgan fingerprint density at radius 1 is 1.38 bits per heavy atom. The SMILES string of the molecule is NNc1nccc(Oc2cncc(Br)c2)n1. The zero-order valence-electron chi connectivity index (χ0n) is 8.09. The maximum atomic E-state index is 5.46. The van der Waals surface area contributed by atoms with Gasteiger partial charge in [-0.25, -0.2) is 10.8 Å². The smallest absolute Gasteiger partial charge is 0.240 e. The average molecular weight is 282 g/mol. The number of rotatable bonds is 3. The van der Waals surface area contributed by atoms with Crippen molar-refractivity contribution in [3.8, 4) is 11.6 Å². The Hall–Kier alpha value is -1.73. The molecule has 6 nitrogen and oxygen atoms in total. The molecule has 0 aliphatic carbocycles. The highest BCUT2D eigenvalue weighted by Crippen LogP contribution is 2.21. The predicted octanol–water partition coefficient (Wildman–Crippen LogP) is 1.71. The lowest BCUT2D eigenvalue weighted by Crippen LogP contribution is -2.10. The van der Waals surface area contributed by atoms with Crippen molar-refractivity contribution in [2.24, 2.45) is 5.84 Å². The molecule has 2 heterocycles. The van der Waals surface area contributed by atoms with Crippen molar-refractivity contribution >= 4 is 21.9 Å². The van der Waals surface area contributed by atoms with Gasteiger partial charge in [-0.05, 0) is 22.0 Å². The highest BCUT2D eigenvalue weighted by Gasteiger charge is 2.01. The molecule has 0 aliphatic rings. The van der Waals surface area contributed by atoms with Crippen LogP contribution in [-0.2, 0) is 0 Å². The molecule has 0 aliphatic heterocycles. The van der Waals surface area contributed by atoms with Gasteiger partial charge >= 0.3 is 0 Å². The number of hydrazine groups is 1. The van der Waals surface area contributed by atoms with Crippen LogP contribution in [-0.4, -0.2) is 15.0 Å². The number of anilines is 1. The Labute approximate surface area is 100.0 Å². The van der Waals surface area contributed by atoms with Crippen LogP contribution < -0.4 is 16.0 Å². The number of nitrogens with one attached hydrogen (secondary N) is 1. The van der Waals surface area contributed by atoms with Gasteiger partial charge in [-0.1, -0.05) is 0 Å². The lowest BCUT2D eigenvalue weighted by atomic mass is 10.5. The highest BCUT2D eigenvalue weighted by molar-refractivity contribution is 9.10. The molecule has 2 rings (SSSR count). The van der Waals surface area contributed by atoms with Gasteiger partial charge in [-0.15, -0.1) is 0 Å². The monoisotopic (exact) mass is 281 g/mol. The molecule has 2 aromatic rings. The van der Waals surface area contributed by atoms with Crippen LogP contribution in [0.4, 0.5) is 5.95 Å². The zero-order chi connectivity index (χ0) is 11.4. The van der Waals surface area contributed by atoms with E-state index in [9.17, 15) is 0 Å². The minimum atomic E-state index is 0.292. The number of pyridine rings is 1. The fourth-order valence-corrected chi connectivity index (χ4v) is 1.38. The van der Waals surface area contributed by atoms with Gasteiger partial charge in [0.15, 0.2) is 0 Å². The van der Waals surface area contributed by atoms with Crippen molar-refractivity contribution in [2.45, 2.75) is 0 Å². The van der Waals surface area contributed by atoms with Gasteiger partial charge in [0.1, 0.15) is 5.75 Å². The van der Waals surface area contributed by atoms with Crippen molar-refractivity contribution in [1.82, 2.24) is 15.0 Å². The molecule has 7 heteroatoms. The van der Waals surface area contributed by atoms with Crippen LogP contribution in [0.3, 0.4) is 0 Å². The number of hydrogen-bond donors (Lipinski definition) is 2. The molecule has 82 valence electrons. The van der Waals surface area contributed by atoms with Crippen molar-refractivity contribution in [3.05, 3.63) is 35.2 Å². The molecule has 0 atom stereocenters. The van der Waals surface area contributed by atoms with E-state index in [1.165, 1.54) is 0 Å². The summed E-state index contributed by atoms with van der Waals surface area (Å²) in [5.74, 6) is 6.45. The molecule has 0 bridgehead atoms. The van der Waals surface area contributed by atoms with E-state index in [4.69, 9.17) is 10.6 Å². The summed E-state index contributed by atoms with van der Waals surface area (Å²) in [4.78, 5) is 11.8. The number of ether oxygens (including phenoxy) is 1. The van der Waals surface area contributed by atoms with Crippen molar-refractivity contribution in [3.63, 3.8) is 0 Å². The number of halogens is 1. The van der Waals surface area contributed by atoms with Crippen LogP contribution in [0.1, 0.15) is 0 Å². The minimum absolute atomic E-state index is 0.292. The summed E-state index contributed by atoms with van der Waals surface area (Å²) >= 11 is 3.30. The fraction of sp³-hybridized carbons (Fsp3) is 0. The quantitative estimate of drug-likeness (QED) is 0.658. The summed E-state index contributed by atoms with van der Waals surface area (Å²) in [7, 11) is 0. The van der Waals surface area contributed by atoms with Crippen LogP contribution in [0.15, 0.2) is 35.2 Å². The van der Waals surface area contributed by atoms with E-state index < -0.39 is 0 Å². The van der Waals surface area contributed by atoms with Gasteiger partial charge in [0.2, 0.25) is 11.8 Å². The second-order valence-electron chi connectivity index (χ2n) is 2.80. The summed E-state index contributed by atoms with van der Waals surface area (Å²) in [6.45, 7) is 0. The zero-order valence-corrected chi connectivity index (χ0v) is 9.68. The summed E-state index contributed by atoms with van der Waals surface area (Å²) in [6, 6.07) is 3.41. The first-order valence-electron chi connectivity index (χ1n) is 4.36. The van der Waals surface area contributed by atoms with Crippen molar-refractivity contribution in [2.75, 3.05) is 5.43 Å². The van der Waals surface area contributed by atoms with Gasteiger partial charge in [-0.2, -0.15) is 4.98 Å². The molecule has 16 heavy (non-hydrogen) atoms. The second kappa shape index (κ2) is 4.86. The average Bonchev–Trinajstić information content (AvgIpc) is 2.29. The molecule has 0 saturated carbocycles. The maximum Gasteiger partial charge on any atom is 0.240 e. The van der Waals surface area contributed by atoms with Crippen LogP contribution in [0, 0.1) is 0 Å². The van der Waals surface area contributed by atoms with Crippen LogP contribution in [0.2, 0.25) is 0 Å². The summed E-state index contributed by atoms with van der Waals surface area (Å²) in [5.41, 5.74) is 2.34. The van der Waals surface area contributed by atoms with Crippen molar-refractivity contribution in [1.29, 1.82) is 0 Å². The Balaban J connectivity index is 2.20. The van der Waals surface area contributed by atoms with Gasteiger partial charge < -0.3 is 4.74 Å². The van der Waals surface area contributed by atoms with Crippen LogP contribution in [0.5, 0.6) is 11.6 Å². The van der Waals surface area contributed by atoms with Crippen LogP contribution in [0.25, 0.3) is 0 Å². The fourth-order valence-electron chi connectivity index (χ4n) is 1.04. The Bertz CT molecular complexity index is 493. The van der Waals surface area contributed by atoms with Gasteiger partial charge in [-0.3, -0.25) is 10.4 Å². The number of nitrogens with zero attached hydrogens (tertiary/aromatic N) is 3. The van der Waals surface area contributed by atoms with E-state index >= 15 is 0 Å². The lowest BCUT2D eigenvalue weighted by molar-refractivity contribution is 0.460. The van der Waals surface area contributed by atoms with E-state index in [-0.39, 0.29) is 0 Å². The lowest BCUT2D eigenvalue weighted by Gasteiger charge is -2.05. The second-order valence-corrected chi connectivity index (χ2v) is 3.72. The number of aromatic nitrogens is 3. The maximum absolute atomic E-state index is 5.46. The van der Waals surface area contributed by atoms with E-state index in [2.05, 4.69) is 36.3 Å². The number of hydrogen-bond acceptors (Lipinski definition) is 6. The third kappa shape index (κ3) is 2.65. The van der Waals surface area contributed by atoms with E-state index in [1.54, 1.807) is 30.7 Å². The summed E-state index contributed by atoms with van der Waals surface area (Å²) in [5, 5.41) is 0. The molecular weight excluding hydrogens is 274 g/mol. The minimum Gasteiger partial charge on any atom is -0.437 e. The number of nitrogens with two attached hydrogens (primary N) is 1. The topological polar surface area (TPSA) is 86.0 Å². The first-order valence-corrected chi connectivity index (χ1v) is 5.15. The highest BCUT2D eigenvalue weighted by atomic mass is 79.9. The third-order valence-corrected chi connectivity index (χ3v) is 2.10. The van der Waals surface area contributed by atoms with Gasteiger partial charge in [0.25, 0.3) is 0 Å². The van der Waals surface area contributed by atoms with Crippen LogP contribution >= 0.6 is 15.9 Å². The molecule has 3 N–H and O–H groups in total. The largest absolute Gasteiger partial charge is 0.437 e. The van der Waals surface area contributed by atoms with E-state index in [1.807, 2.05) is 0 Å². The predicted molar refractivity (Wildman–Crippen MR) is 61.9 cm³/mol. The molecule has 0 fully saturated rings. The first-order chi connectivity index (χ1) is 7.78. The first kappa shape index (κ1) is 10.8. The molecular formula is C9H8BrN5O. The van der Waals surface area contributed by atoms with E-state index in [0.29, 0.717) is 17.6 Å². The normalized spacial score (nSPS) is 9.88. The Kier molecular flexibility index (Phi) is 3.28. The van der Waals surface area contributed by atoms with Gasteiger partial charge in [0, 0.05) is 22.9 Å². The summed E-state index contributed by atoms with van der Waals surface area (Å²) < 4.78 is 6.29. The molecule has 2 aromatic heterocycles. The molecule has 0 radical (unpaired) electrons. The van der Waals surface area contributed by atoms with E-state index in [0.717, 1.165) is 4.47 Å². The third-order valence-electron chi connectivity index (χ3n) is 1.66. The van der Waals surface area contributed by atoms with Gasteiger partial charge in [0.05, 0.1) is 6.20 Å². The van der Waals surface area contributed by atoms with Crippen molar-refractivity contribution < 1.29 is 4.74 Å². The Morgan fingerprint density at radius 3 is 3.00 bits per heavy atom. The molecule has 0 amide bonds. The summed E-state index contributed by atoms with van der Waals surface area (Å²) in [6.07, 6.45) is 4.80. The molecule has 0 saturated heterocycles. The molecule has 0 unspecified atom stereocenters. The molecule has 0 spiro atoms.